The molecular formula is C30H35NO5. The quantitative estimate of drug-likeness (QED) is 0.543. The summed E-state index contributed by atoms with van der Waals surface area (Å²) < 4.78 is 18.4. The Morgan fingerprint density at radius 3 is 2.67 bits per heavy atom. The molecule has 4 aliphatic rings. The highest BCUT2D eigenvalue weighted by molar-refractivity contribution is 5.87. The van der Waals surface area contributed by atoms with Crippen molar-refractivity contribution in [3.05, 3.63) is 65.2 Å². The van der Waals surface area contributed by atoms with Crippen LogP contribution < -0.4 is 4.74 Å². The lowest BCUT2D eigenvalue weighted by molar-refractivity contribution is -0.218. The average molecular weight is 490 g/mol. The Kier molecular flexibility index (Phi) is 5.92. The highest BCUT2D eigenvalue weighted by Crippen LogP contribution is 2.60. The molecule has 2 bridgehead atoms. The van der Waals surface area contributed by atoms with E-state index in [-0.39, 0.29) is 17.8 Å². The van der Waals surface area contributed by atoms with Crippen LogP contribution in [-0.2, 0) is 37.5 Å². The lowest BCUT2D eigenvalue weighted by Crippen LogP contribution is -2.76. The van der Waals surface area contributed by atoms with Gasteiger partial charge < -0.3 is 14.2 Å². The van der Waals surface area contributed by atoms with Gasteiger partial charge >= 0.3 is 5.97 Å². The summed E-state index contributed by atoms with van der Waals surface area (Å²) in [6.07, 6.45) is 4.21. The molecule has 3 fully saturated rings. The van der Waals surface area contributed by atoms with Gasteiger partial charge in [-0.1, -0.05) is 36.4 Å². The second-order valence-electron chi connectivity index (χ2n) is 11.1. The number of rotatable bonds is 7. The van der Waals surface area contributed by atoms with Crippen LogP contribution in [0.25, 0.3) is 0 Å². The Morgan fingerprint density at radius 2 is 1.94 bits per heavy atom. The van der Waals surface area contributed by atoms with Crippen molar-refractivity contribution < 1.29 is 23.8 Å². The van der Waals surface area contributed by atoms with Gasteiger partial charge in [-0.25, -0.2) is 0 Å². The number of piperidine rings is 1. The molecule has 36 heavy (non-hydrogen) atoms. The number of hydrogen-bond acceptors (Lipinski definition) is 6. The zero-order valence-electron chi connectivity index (χ0n) is 21.2. The van der Waals surface area contributed by atoms with Crippen molar-refractivity contribution in [3.63, 3.8) is 0 Å². The number of carbonyl (C=O) groups excluding carboxylic acids is 2. The van der Waals surface area contributed by atoms with Crippen LogP contribution in [0.4, 0.5) is 0 Å². The summed E-state index contributed by atoms with van der Waals surface area (Å²) in [6, 6.07) is 16.2. The lowest BCUT2D eigenvalue weighted by Gasteiger charge is -2.65. The number of fused-ring (bicyclic) bond motifs is 1. The summed E-state index contributed by atoms with van der Waals surface area (Å²) in [5, 5.41) is 0. The van der Waals surface area contributed by atoms with E-state index in [1.165, 1.54) is 25.3 Å². The van der Waals surface area contributed by atoms with Crippen LogP contribution in [0.2, 0.25) is 0 Å². The smallest absolute Gasteiger partial charge is 0.303 e. The summed E-state index contributed by atoms with van der Waals surface area (Å²) in [5.74, 6) is 1.30. The summed E-state index contributed by atoms with van der Waals surface area (Å²) in [6.45, 7) is 3.80. The molecule has 4 atom stereocenters. The minimum atomic E-state index is -0.819. The van der Waals surface area contributed by atoms with Gasteiger partial charge in [0.15, 0.2) is 5.78 Å². The maximum atomic E-state index is 13.7. The van der Waals surface area contributed by atoms with Crippen LogP contribution in [0.15, 0.2) is 48.5 Å². The van der Waals surface area contributed by atoms with Crippen molar-refractivity contribution in [2.75, 3.05) is 20.2 Å². The summed E-state index contributed by atoms with van der Waals surface area (Å²) >= 11 is 0. The topological polar surface area (TPSA) is 65.1 Å². The van der Waals surface area contributed by atoms with E-state index in [0.717, 1.165) is 48.7 Å². The number of nitrogens with zero attached hydrogens (tertiary/aromatic N) is 1. The van der Waals surface area contributed by atoms with E-state index in [0.29, 0.717) is 19.4 Å². The number of ether oxygens (including phenoxy) is 3. The monoisotopic (exact) mass is 489 g/mol. The Labute approximate surface area is 212 Å². The SMILES string of the molecule is COc1ccc2c(c1)C13CCN(CC4CC4)C(C2)C1(OC(C)=O)CC(OCc1ccccc1)C(=O)C3. The van der Waals surface area contributed by atoms with Gasteiger partial charge in [0.25, 0.3) is 0 Å². The number of esters is 1. The third-order valence-electron chi connectivity index (χ3n) is 8.99. The van der Waals surface area contributed by atoms with Crippen LogP contribution in [0, 0.1) is 5.92 Å². The molecule has 0 amide bonds. The average Bonchev–Trinajstić information content (AvgIpc) is 3.69. The first kappa shape index (κ1) is 23.7. The van der Waals surface area contributed by atoms with Crippen molar-refractivity contribution in [1.82, 2.24) is 4.90 Å². The molecular weight excluding hydrogens is 454 g/mol. The van der Waals surface area contributed by atoms with Gasteiger partial charge in [-0.15, -0.1) is 0 Å². The van der Waals surface area contributed by atoms with Crippen molar-refractivity contribution in [1.29, 1.82) is 0 Å². The molecule has 0 radical (unpaired) electrons. The molecule has 190 valence electrons. The molecule has 3 aliphatic carbocycles. The number of methoxy groups -OCH3 is 1. The summed E-state index contributed by atoms with van der Waals surface area (Å²) in [5.41, 5.74) is 1.98. The summed E-state index contributed by atoms with van der Waals surface area (Å²) in [7, 11) is 1.67. The van der Waals surface area contributed by atoms with E-state index >= 15 is 0 Å². The van der Waals surface area contributed by atoms with Crippen molar-refractivity contribution in [3.8, 4) is 5.75 Å². The molecule has 1 heterocycles. The van der Waals surface area contributed by atoms with Crippen molar-refractivity contribution in [2.45, 2.75) is 75.2 Å². The van der Waals surface area contributed by atoms with E-state index < -0.39 is 17.1 Å². The van der Waals surface area contributed by atoms with E-state index in [4.69, 9.17) is 14.2 Å². The number of benzene rings is 2. The molecule has 0 spiro atoms. The van der Waals surface area contributed by atoms with Crippen LogP contribution in [0.1, 0.15) is 55.7 Å². The zero-order valence-corrected chi connectivity index (χ0v) is 21.2. The number of carbonyl (C=O) groups is 2. The van der Waals surface area contributed by atoms with E-state index in [1.54, 1.807) is 7.11 Å². The first-order valence-electron chi connectivity index (χ1n) is 13.2. The van der Waals surface area contributed by atoms with Crippen LogP contribution >= 0.6 is 0 Å². The largest absolute Gasteiger partial charge is 0.497 e. The zero-order chi connectivity index (χ0) is 24.9. The molecule has 2 aromatic rings. The van der Waals surface area contributed by atoms with Crippen LogP contribution in [0.5, 0.6) is 5.75 Å². The van der Waals surface area contributed by atoms with E-state index in [1.807, 2.05) is 36.4 Å². The first-order chi connectivity index (χ1) is 17.4. The van der Waals surface area contributed by atoms with Crippen LogP contribution in [-0.4, -0.2) is 54.6 Å². The van der Waals surface area contributed by atoms with Gasteiger partial charge in [0, 0.05) is 31.7 Å². The van der Waals surface area contributed by atoms with Gasteiger partial charge in [-0.2, -0.15) is 0 Å². The fourth-order valence-corrected chi connectivity index (χ4v) is 7.19. The first-order valence-corrected chi connectivity index (χ1v) is 13.2. The molecule has 1 saturated heterocycles. The van der Waals surface area contributed by atoms with E-state index in [9.17, 15) is 9.59 Å². The number of Topliss-reactive ketones (excluding diaryl/α,β-unsaturated/α-hetero) is 1. The maximum Gasteiger partial charge on any atom is 0.303 e. The number of hydrogen-bond donors (Lipinski definition) is 0. The molecule has 6 heteroatoms. The normalized spacial score (nSPS) is 31.3. The highest BCUT2D eigenvalue weighted by Gasteiger charge is 2.69. The minimum Gasteiger partial charge on any atom is -0.497 e. The molecule has 1 aliphatic heterocycles. The van der Waals surface area contributed by atoms with E-state index in [2.05, 4.69) is 17.0 Å². The molecule has 6 rings (SSSR count). The van der Waals surface area contributed by atoms with Gasteiger partial charge in [0.1, 0.15) is 17.5 Å². The van der Waals surface area contributed by atoms with Gasteiger partial charge in [0.05, 0.1) is 19.8 Å². The fraction of sp³-hybridized carbons (Fsp3) is 0.533. The predicted molar refractivity (Wildman–Crippen MR) is 135 cm³/mol. The highest BCUT2D eigenvalue weighted by atomic mass is 16.6. The van der Waals surface area contributed by atoms with Gasteiger partial charge in [-0.3, -0.25) is 14.5 Å². The Bertz CT molecular complexity index is 1160. The maximum absolute atomic E-state index is 13.7. The third-order valence-corrected chi connectivity index (χ3v) is 8.99. The number of ketones is 1. The minimum absolute atomic E-state index is 0.0209. The second-order valence-corrected chi connectivity index (χ2v) is 11.1. The third kappa shape index (κ3) is 3.86. The molecule has 4 unspecified atom stereocenters. The van der Waals surface area contributed by atoms with Gasteiger partial charge in [-0.05, 0) is 67.0 Å². The molecule has 2 aromatic carbocycles. The lowest BCUT2D eigenvalue weighted by atomic mass is 9.48. The fourth-order valence-electron chi connectivity index (χ4n) is 7.19. The molecule has 2 saturated carbocycles. The van der Waals surface area contributed by atoms with Crippen LogP contribution in [0.3, 0.4) is 0 Å². The Balaban J connectivity index is 1.43. The summed E-state index contributed by atoms with van der Waals surface area (Å²) in [4.78, 5) is 29.0. The molecule has 0 aromatic heterocycles. The molecule has 6 nitrogen and oxygen atoms in total. The standard InChI is InChI=1S/C30H35NO5/c1-20(32)36-30-17-27(35-19-22-6-4-3-5-7-22)26(33)16-29(30)12-13-31(18-21-8-9-21)28(30)14-23-10-11-24(34-2)15-25(23)29/h3-7,10-11,15,21,27-28H,8-9,12-14,16-19H2,1-2H3. The van der Waals surface area contributed by atoms with Gasteiger partial charge in [0.2, 0.25) is 0 Å². The molecule has 0 N–H and O–H groups in total. The predicted octanol–water partition coefficient (Wildman–Crippen LogP) is 4.22. The Hall–Kier alpha value is -2.70. The second kappa shape index (κ2) is 9.00. The Morgan fingerprint density at radius 1 is 1.14 bits per heavy atom. The number of likely N-dealkylation sites (tertiary alicyclic amines) is 1. The van der Waals surface area contributed by atoms with Crippen molar-refractivity contribution >= 4 is 11.8 Å². The van der Waals surface area contributed by atoms with Crippen molar-refractivity contribution in [2.24, 2.45) is 5.92 Å².